The molecule has 3 nitrogen and oxygen atoms in total. The molecule has 1 amide bonds. The minimum absolute atomic E-state index is 0.0559. The van der Waals surface area contributed by atoms with E-state index in [1.807, 2.05) is 0 Å². The Labute approximate surface area is 93.8 Å². The fraction of sp³-hybridized carbons (Fsp3) is 0.917. The number of hydrogen-bond acceptors (Lipinski definition) is 2. The second kappa shape index (κ2) is 7.69. The topological polar surface area (TPSA) is 55.1 Å². The fourth-order valence-corrected chi connectivity index (χ4v) is 1.73. The number of hydrogen-bond donors (Lipinski definition) is 2. The molecule has 0 aliphatic carbocycles. The maximum Gasteiger partial charge on any atom is 0.220 e. The zero-order chi connectivity index (χ0) is 11.7. The Morgan fingerprint density at radius 3 is 2.47 bits per heavy atom. The molecule has 0 unspecified atom stereocenters. The van der Waals surface area contributed by atoms with Gasteiger partial charge in [0.2, 0.25) is 5.91 Å². The van der Waals surface area contributed by atoms with Crippen LogP contribution in [0.15, 0.2) is 0 Å². The van der Waals surface area contributed by atoms with Gasteiger partial charge in [-0.15, -0.1) is 0 Å². The first-order chi connectivity index (χ1) is 7.02. The Kier molecular flexibility index (Phi) is 7.39. The van der Waals surface area contributed by atoms with Crippen LogP contribution in [0.1, 0.15) is 59.3 Å². The maximum absolute atomic E-state index is 11.6. The third-order valence-corrected chi connectivity index (χ3v) is 2.46. The molecular formula is C12H26N2O. The molecular weight excluding hydrogens is 188 g/mol. The molecule has 0 radical (unpaired) electrons. The molecule has 0 rings (SSSR count). The lowest BCUT2D eigenvalue weighted by molar-refractivity contribution is -0.122. The predicted molar refractivity (Wildman–Crippen MR) is 64.7 cm³/mol. The van der Waals surface area contributed by atoms with Crippen molar-refractivity contribution in [1.82, 2.24) is 5.32 Å². The zero-order valence-corrected chi connectivity index (χ0v) is 10.4. The van der Waals surface area contributed by atoms with E-state index in [1.165, 1.54) is 0 Å². The van der Waals surface area contributed by atoms with Gasteiger partial charge in [-0.1, -0.05) is 19.8 Å². The van der Waals surface area contributed by atoms with Crippen molar-refractivity contribution >= 4 is 5.91 Å². The van der Waals surface area contributed by atoms with E-state index in [4.69, 9.17) is 5.73 Å². The highest BCUT2D eigenvalue weighted by molar-refractivity contribution is 5.76. The lowest BCUT2D eigenvalue weighted by Crippen LogP contribution is -2.43. The molecule has 0 saturated heterocycles. The highest BCUT2D eigenvalue weighted by Gasteiger charge is 2.18. The van der Waals surface area contributed by atoms with E-state index < -0.39 is 0 Å². The van der Waals surface area contributed by atoms with Crippen molar-refractivity contribution < 1.29 is 4.79 Å². The van der Waals surface area contributed by atoms with Crippen LogP contribution in [0.25, 0.3) is 0 Å². The normalized spacial score (nSPS) is 11.5. The van der Waals surface area contributed by atoms with Crippen LogP contribution < -0.4 is 11.1 Å². The molecule has 0 aromatic rings. The summed E-state index contributed by atoms with van der Waals surface area (Å²) in [6.07, 6.45) is 5.78. The van der Waals surface area contributed by atoms with E-state index in [0.717, 1.165) is 38.6 Å². The van der Waals surface area contributed by atoms with Crippen molar-refractivity contribution in [3.8, 4) is 0 Å². The Morgan fingerprint density at radius 1 is 1.27 bits per heavy atom. The molecule has 0 aromatic heterocycles. The monoisotopic (exact) mass is 214 g/mol. The molecule has 0 aliphatic heterocycles. The van der Waals surface area contributed by atoms with E-state index in [9.17, 15) is 4.79 Å². The Balaban J connectivity index is 3.63. The smallest absolute Gasteiger partial charge is 0.220 e. The molecule has 15 heavy (non-hydrogen) atoms. The summed E-state index contributed by atoms with van der Waals surface area (Å²) in [5.41, 5.74) is 5.33. The molecule has 0 heterocycles. The number of unbranched alkanes of at least 4 members (excludes halogenated alkanes) is 2. The van der Waals surface area contributed by atoms with Gasteiger partial charge in [0.25, 0.3) is 0 Å². The fourth-order valence-electron chi connectivity index (χ4n) is 1.73. The van der Waals surface area contributed by atoms with Crippen molar-refractivity contribution in [2.75, 3.05) is 6.54 Å². The first kappa shape index (κ1) is 14.4. The van der Waals surface area contributed by atoms with Gasteiger partial charge in [-0.3, -0.25) is 4.79 Å². The summed E-state index contributed by atoms with van der Waals surface area (Å²) in [7, 11) is 0. The summed E-state index contributed by atoms with van der Waals surface area (Å²) in [5.74, 6) is 0.172. The molecule has 0 atom stereocenters. The summed E-state index contributed by atoms with van der Waals surface area (Å²) < 4.78 is 0. The Bertz CT molecular complexity index is 178. The third-order valence-electron chi connectivity index (χ3n) is 2.46. The summed E-state index contributed by atoms with van der Waals surface area (Å²) in [5, 5.41) is 3.06. The zero-order valence-electron chi connectivity index (χ0n) is 10.4. The van der Waals surface area contributed by atoms with Gasteiger partial charge in [-0.2, -0.15) is 0 Å². The second-order valence-electron chi connectivity index (χ2n) is 4.78. The van der Waals surface area contributed by atoms with E-state index in [0.29, 0.717) is 6.42 Å². The van der Waals surface area contributed by atoms with Crippen molar-refractivity contribution in [3.05, 3.63) is 0 Å². The van der Waals surface area contributed by atoms with Gasteiger partial charge < -0.3 is 11.1 Å². The summed E-state index contributed by atoms with van der Waals surface area (Å²) in [4.78, 5) is 11.6. The summed E-state index contributed by atoms with van der Waals surface area (Å²) >= 11 is 0. The van der Waals surface area contributed by atoms with Crippen LogP contribution in [0.2, 0.25) is 0 Å². The van der Waals surface area contributed by atoms with Gasteiger partial charge in [0.15, 0.2) is 0 Å². The van der Waals surface area contributed by atoms with Crippen LogP contribution in [0.4, 0.5) is 0 Å². The predicted octanol–water partition coefficient (Wildman–Crippen LogP) is 2.20. The van der Waals surface area contributed by atoms with Crippen LogP contribution in [-0.2, 0) is 4.79 Å². The molecule has 90 valence electrons. The first-order valence-corrected chi connectivity index (χ1v) is 6.03. The lowest BCUT2D eigenvalue weighted by atomic mass is 9.98. The van der Waals surface area contributed by atoms with Crippen molar-refractivity contribution in [2.45, 2.75) is 64.8 Å². The second-order valence-corrected chi connectivity index (χ2v) is 4.78. The van der Waals surface area contributed by atoms with E-state index in [-0.39, 0.29) is 11.4 Å². The van der Waals surface area contributed by atoms with E-state index in [2.05, 4.69) is 26.1 Å². The first-order valence-electron chi connectivity index (χ1n) is 6.03. The van der Waals surface area contributed by atoms with Gasteiger partial charge in [-0.25, -0.2) is 0 Å². The highest BCUT2D eigenvalue weighted by Crippen LogP contribution is 2.11. The quantitative estimate of drug-likeness (QED) is 0.609. The number of amides is 1. The molecule has 0 aliphatic rings. The molecule has 0 fully saturated rings. The van der Waals surface area contributed by atoms with Gasteiger partial charge in [0.05, 0.1) is 0 Å². The average Bonchev–Trinajstić information content (AvgIpc) is 2.11. The lowest BCUT2D eigenvalue weighted by Gasteiger charge is -2.25. The maximum atomic E-state index is 11.6. The van der Waals surface area contributed by atoms with Crippen LogP contribution >= 0.6 is 0 Å². The SMILES string of the molecule is CCCC(C)(C)NC(=O)CCCCCN. The van der Waals surface area contributed by atoms with Crippen molar-refractivity contribution in [1.29, 1.82) is 0 Å². The van der Waals surface area contributed by atoms with Gasteiger partial charge in [0, 0.05) is 12.0 Å². The molecule has 0 bridgehead atoms. The minimum atomic E-state index is -0.0559. The number of rotatable bonds is 8. The molecule has 3 N–H and O–H groups in total. The largest absolute Gasteiger partial charge is 0.351 e. The van der Waals surface area contributed by atoms with Gasteiger partial charge >= 0.3 is 0 Å². The van der Waals surface area contributed by atoms with Crippen LogP contribution in [0.3, 0.4) is 0 Å². The highest BCUT2D eigenvalue weighted by atomic mass is 16.1. The third kappa shape index (κ3) is 8.43. The Morgan fingerprint density at radius 2 is 1.93 bits per heavy atom. The van der Waals surface area contributed by atoms with Gasteiger partial charge in [-0.05, 0) is 39.7 Å². The van der Waals surface area contributed by atoms with Crippen LogP contribution in [0.5, 0.6) is 0 Å². The number of nitrogens with one attached hydrogen (secondary N) is 1. The van der Waals surface area contributed by atoms with E-state index >= 15 is 0 Å². The van der Waals surface area contributed by atoms with Crippen molar-refractivity contribution in [2.24, 2.45) is 5.73 Å². The summed E-state index contributed by atoms with van der Waals surface area (Å²) in [6, 6.07) is 0. The molecule has 0 spiro atoms. The van der Waals surface area contributed by atoms with E-state index in [1.54, 1.807) is 0 Å². The molecule has 0 saturated carbocycles. The average molecular weight is 214 g/mol. The molecule has 0 aromatic carbocycles. The van der Waals surface area contributed by atoms with Gasteiger partial charge in [0.1, 0.15) is 0 Å². The minimum Gasteiger partial charge on any atom is -0.351 e. The van der Waals surface area contributed by atoms with Crippen molar-refractivity contribution in [3.63, 3.8) is 0 Å². The van der Waals surface area contributed by atoms with Crippen LogP contribution in [0, 0.1) is 0 Å². The standard InChI is InChI=1S/C12H26N2O/c1-4-9-12(2,3)14-11(15)8-6-5-7-10-13/h4-10,13H2,1-3H3,(H,14,15). The molecule has 3 heteroatoms. The number of carbonyl (C=O) groups excluding carboxylic acids is 1. The number of nitrogens with two attached hydrogens (primary N) is 1. The van der Waals surface area contributed by atoms with Crippen LogP contribution in [-0.4, -0.2) is 18.0 Å². The Hall–Kier alpha value is -0.570. The summed E-state index contributed by atoms with van der Waals surface area (Å²) in [6.45, 7) is 7.01. The number of carbonyl (C=O) groups is 1.